The summed E-state index contributed by atoms with van der Waals surface area (Å²) >= 11 is 6.04. The predicted octanol–water partition coefficient (Wildman–Crippen LogP) is 3.46. The van der Waals surface area contributed by atoms with Gasteiger partial charge in [0.05, 0.1) is 7.11 Å². The smallest absolute Gasteiger partial charge is 0.161 e. The van der Waals surface area contributed by atoms with Crippen LogP contribution in [0.15, 0.2) is 24.3 Å². The summed E-state index contributed by atoms with van der Waals surface area (Å²) in [7, 11) is 1.65. The Morgan fingerprint density at radius 3 is 2.32 bits per heavy atom. The molecule has 1 N–H and O–H groups in total. The molecule has 19 heavy (non-hydrogen) atoms. The van der Waals surface area contributed by atoms with Crippen LogP contribution in [0.25, 0.3) is 0 Å². The number of hydrogen-bond acceptors (Lipinski definition) is 3. The van der Waals surface area contributed by atoms with E-state index < -0.39 is 0 Å². The van der Waals surface area contributed by atoms with E-state index in [9.17, 15) is 0 Å². The summed E-state index contributed by atoms with van der Waals surface area (Å²) < 4.78 is 11.0. The molecule has 0 aliphatic heterocycles. The summed E-state index contributed by atoms with van der Waals surface area (Å²) in [5.74, 6) is 2.16. The summed E-state index contributed by atoms with van der Waals surface area (Å²) in [6.45, 7) is 5.67. The number of methoxy groups -OCH3 is 1. The van der Waals surface area contributed by atoms with Crippen molar-refractivity contribution in [1.82, 2.24) is 5.32 Å². The minimum absolute atomic E-state index is 0.0195. The van der Waals surface area contributed by atoms with E-state index in [0.29, 0.717) is 12.5 Å². The molecule has 0 amide bonds. The molecular formula is C15H24ClNO2. The van der Waals surface area contributed by atoms with Gasteiger partial charge in [-0.05, 0) is 25.0 Å². The van der Waals surface area contributed by atoms with Crippen LogP contribution in [0.4, 0.5) is 0 Å². The van der Waals surface area contributed by atoms with Gasteiger partial charge in [0.25, 0.3) is 0 Å². The molecule has 1 rings (SSSR count). The van der Waals surface area contributed by atoms with E-state index in [0.717, 1.165) is 30.9 Å². The van der Waals surface area contributed by atoms with E-state index in [-0.39, 0.29) is 5.54 Å². The zero-order valence-electron chi connectivity index (χ0n) is 12.0. The second kappa shape index (κ2) is 8.28. The van der Waals surface area contributed by atoms with Gasteiger partial charge in [0.15, 0.2) is 11.5 Å². The van der Waals surface area contributed by atoms with E-state index in [1.165, 1.54) is 0 Å². The van der Waals surface area contributed by atoms with Gasteiger partial charge in [-0.3, -0.25) is 0 Å². The normalized spacial score (nSPS) is 11.4. The first kappa shape index (κ1) is 16.1. The average Bonchev–Trinajstić information content (AvgIpc) is 2.48. The highest BCUT2D eigenvalue weighted by Gasteiger charge is 2.23. The van der Waals surface area contributed by atoms with Crippen LogP contribution in [-0.4, -0.2) is 31.7 Å². The molecule has 0 aromatic heterocycles. The molecule has 0 heterocycles. The molecule has 4 heteroatoms. The summed E-state index contributed by atoms with van der Waals surface area (Å²) in [6.07, 6.45) is 2.03. The van der Waals surface area contributed by atoms with Crippen LogP contribution >= 0.6 is 11.6 Å². The number of nitrogens with one attached hydrogen (secondary N) is 1. The lowest BCUT2D eigenvalue weighted by atomic mass is 9.95. The number of halogens is 1. The van der Waals surface area contributed by atoms with Crippen molar-refractivity contribution >= 4 is 11.6 Å². The van der Waals surface area contributed by atoms with Gasteiger partial charge in [0.1, 0.15) is 6.61 Å². The zero-order valence-corrected chi connectivity index (χ0v) is 12.8. The summed E-state index contributed by atoms with van der Waals surface area (Å²) in [6, 6.07) is 7.67. The molecule has 108 valence electrons. The molecule has 1 aromatic rings. The van der Waals surface area contributed by atoms with E-state index in [2.05, 4.69) is 19.2 Å². The Morgan fingerprint density at radius 2 is 1.79 bits per heavy atom. The minimum Gasteiger partial charge on any atom is -0.493 e. The van der Waals surface area contributed by atoms with Gasteiger partial charge in [-0.25, -0.2) is 0 Å². The second-order valence-electron chi connectivity index (χ2n) is 4.55. The summed E-state index contributed by atoms with van der Waals surface area (Å²) in [5.41, 5.74) is 0.0195. The van der Waals surface area contributed by atoms with Crippen LogP contribution in [0.3, 0.4) is 0 Å². The van der Waals surface area contributed by atoms with E-state index >= 15 is 0 Å². The van der Waals surface area contributed by atoms with Crippen molar-refractivity contribution in [2.75, 3.05) is 26.1 Å². The fraction of sp³-hybridized carbons (Fsp3) is 0.600. The number of rotatable bonds is 9. The Bertz CT molecular complexity index is 359. The van der Waals surface area contributed by atoms with Crippen LogP contribution in [0.2, 0.25) is 0 Å². The van der Waals surface area contributed by atoms with Gasteiger partial charge in [0.2, 0.25) is 0 Å². The van der Waals surface area contributed by atoms with Crippen LogP contribution in [0.1, 0.15) is 26.7 Å². The predicted molar refractivity (Wildman–Crippen MR) is 80.5 cm³/mol. The summed E-state index contributed by atoms with van der Waals surface area (Å²) in [5, 5.41) is 3.49. The van der Waals surface area contributed by atoms with Crippen molar-refractivity contribution < 1.29 is 9.47 Å². The molecule has 0 aliphatic carbocycles. The topological polar surface area (TPSA) is 30.5 Å². The monoisotopic (exact) mass is 285 g/mol. The van der Waals surface area contributed by atoms with Crippen LogP contribution in [0, 0.1) is 0 Å². The van der Waals surface area contributed by atoms with Gasteiger partial charge in [-0.15, -0.1) is 11.6 Å². The molecule has 0 saturated carbocycles. The molecule has 0 fully saturated rings. The molecule has 0 bridgehead atoms. The number of benzene rings is 1. The van der Waals surface area contributed by atoms with Gasteiger partial charge in [-0.1, -0.05) is 26.0 Å². The van der Waals surface area contributed by atoms with E-state index in [4.69, 9.17) is 21.1 Å². The van der Waals surface area contributed by atoms with Gasteiger partial charge in [-0.2, -0.15) is 0 Å². The third kappa shape index (κ3) is 4.59. The number of ether oxygens (including phenoxy) is 2. The van der Waals surface area contributed by atoms with Crippen LogP contribution in [0.5, 0.6) is 11.5 Å². The quantitative estimate of drug-likeness (QED) is 0.557. The Morgan fingerprint density at radius 1 is 1.16 bits per heavy atom. The van der Waals surface area contributed by atoms with E-state index in [1.54, 1.807) is 7.11 Å². The zero-order chi connectivity index (χ0) is 14.1. The Hall–Kier alpha value is -0.930. The standard InChI is InChI=1S/C15H24ClNO2/c1-4-15(5-2,12-16)17-10-11-19-14-9-7-6-8-13(14)18-3/h6-9,17H,4-5,10-12H2,1-3H3. The number of hydrogen-bond donors (Lipinski definition) is 1. The van der Waals surface area contributed by atoms with Crippen molar-refractivity contribution in [3.8, 4) is 11.5 Å². The fourth-order valence-electron chi connectivity index (χ4n) is 1.95. The Labute approximate surface area is 121 Å². The van der Waals surface area contributed by atoms with Crippen LogP contribution < -0.4 is 14.8 Å². The molecule has 0 unspecified atom stereocenters. The molecule has 0 aliphatic rings. The fourth-order valence-corrected chi connectivity index (χ4v) is 2.42. The summed E-state index contributed by atoms with van der Waals surface area (Å²) in [4.78, 5) is 0. The molecule has 3 nitrogen and oxygen atoms in total. The first-order valence-corrected chi connectivity index (χ1v) is 7.31. The lowest BCUT2D eigenvalue weighted by Gasteiger charge is -2.30. The molecule has 0 saturated heterocycles. The van der Waals surface area contributed by atoms with Crippen molar-refractivity contribution in [3.05, 3.63) is 24.3 Å². The minimum atomic E-state index is 0.0195. The molecule has 0 atom stereocenters. The van der Waals surface area contributed by atoms with E-state index in [1.807, 2.05) is 24.3 Å². The first-order chi connectivity index (χ1) is 9.21. The number of alkyl halides is 1. The maximum atomic E-state index is 6.04. The lowest BCUT2D eigenvalue weighted by molar-refractivity contribution is 0.259. The second-order valence-corrected chi connectivity index (χ2v) is 4.81. The Balaban J connectivity index is 2.42. The number of para-hydroxylation sites is 2. The average molecular weight is 286 g/mol. The molecule has 1 aromatic carbocycles. The third-order valence-corrected chi connectivity index (χ3v) is 4.05. The maximum absolute atomic E-state index is 6.04. The van der Waals surface area contributed by atoms with Crippen molar-refractivity contribution in [3.63, 3.8) is 0 Å². The lowest BCUT2D eigenvalue weighted by Crippen LogP contribution is -2.47. The molecule has 0 radical (unpaired) electrons. The van der Waals surface area contributed by atoms with Gasteiger partial charge < -0.3 is 14.8 Å². The molecular weight excluding hydrogens is 262 g/mol. The Kier molecular flexibility index (Phi) is 7.03. The van der Waals surface area contributed by atoms with Crippen molar-refractivity contribution in [1.29, 1.82) is 0 Å². The third-order valence-electron chi connectivity index (χ3n) is 3.54. The first-order valence-electron chi connectivity index (χ1n) is 6.78. The highest BCUT2D eigenvalue weighted by Crippen LogP contribution is 2.25. The molecule has 0 spiro atoms. The maximum Gasteiger partial charge on any atom is 0.161 e. The van der Waals surface area contributed by atoms with Crippen LogP contribution in [-0.2, 0) is 0 Å². The van der Waals surface area contributed by atoms with Crippen molar-refractivity contribution in [2.24, 2.45) is 0 Å². The highest BCUT2D eigenvalue weighted by molar-refractivity contribution is 6.18. The highest BCUT2D eigenvalue weighted by atomic mass is 35.5. The van der Waals surface area contributed by atoms with Gasteiger partial charge in [0, 0.05) is 18.0 Å². The van der Waals surface area contributed by atoms with Gasteiger partial charge >= 0.3 is 0 Å². The van der Waals surface area contributed by atoms with Crippen molar-refractivity contribution in [2.45, 2.75) is 32.2 Å². The largest absolute Gasteiger partial charge is 0.493 e. The SMILES string of the molecule is CCC(CC)(CCl)NCCOc1ccccc1OC.